The SMILES string of the molecule is COc1ccc2c(CC(=O)NNC(=O)c3cc(C)n(-c4ccccc4)c3C)coc2c1. The van der Waals surface area contributed by atoms with Crippen molar-refractivity contribution < 1.29 is 18.7 Å². The maximum Gasteiger partial charge on any atom is 0.271 e. The van der Waals surface area contributed by atoms with Crippen LogP contribution in [0.4, 0.5) is 0 Å². The van der Waals surface area contributed by atoms with Crippen molar-refractivity contribution in [2.75, 3.05) is 7.11 Å². The first-order chi connectivity index (χ1) is 15.0. The molecule has 0 fully saturated rings. The molecule has 31 heavy (non-hydrogen) atoms. The number of benzene rings is 2. The maximum absolute atomic E-state index is 12.7. The second-order valence-electron chi connectivity index (χ2n) is 7.26. The van der Waals surface area contributed by atoms with Gasteiger partial charge in [0.1, 0.15) is 11.3 Å². The molecule has 2 aromatic heterocycles. The highest BCUT2D eigenvalue weighted by Gasteiger charge is 2.18. The van der Waals surface area contributed by atoms with Crippen molar-refractivity contribution in [2.24, 2.45) is 0 Å². The highest BCUT2D eigenvalue weighted by molar-refractivity contribution is 5.97. The molecule has 0 aliphatic rings. The van der Waals surface area contributed by atoms with E-state index in [9.17, 15) is 9.59 Å². The van der Waals surface area contributed by atoms with Crippen molar-refractivity contribution in [3.8, 4) is 11.4 Å². The number of carbonyl (C=O) groups is 2. The molecule has 0 saturated carbocycles. The number of aryl methyl sites for hydroxylation is 1. The van der Waals surface area contributed by atoms with Crippen LogP contribution in [0.1, 0.15) is 27.3 Å². The standard InChI is InChI=1S/C24H23N3O4/c1-15-11-21(16(2)27(15)18-7-5-4-6-8-18)24(29)26-25-23(28)12-17-14-31-22-13-19(30-3)9-10-20(17)22/h4-11,13-14H,12H2,1-3H3,(H,25,28)(H,26,29). The van der Waals surface area contributed by atoms with Crippen LogP contribution in [0.2, 0.25) is 0 Å². The molecule has 4 aromatic rings. The van der Waals surface area contributed by atoms with Crippen LogP contribution in [0.25, 0.3) is 16.7 Å². The minimum atomic E-state index is -0.370. The number of hydrogen-bond donors (Lipinski definition) is 2. The van der Waals surface area contributed by atoms with Crippen LogP contribution < -0.4 is 15.6 Å². The summed E-state index contributed by atoms with van der Waals surface area (Å²) < 4.78 is 12.7. The van der Waals surface area contributed by atoms with Gasteiger partial charge in [-0.25, -0.2) is 0 Å². The number of ether oxygens (including phenoxy) is 1. The number of rotatable bonds is 5. The van der Waals surface area contributed by atoms with E-state index in [-0.39, 0.29) is 18.2 Å². The molecule has 0 bridgehead atoms. The Bertz CT molecular complexity index is 1250. The molecule has 0 aliphatic heterocycles. The third kappa shape index (κ3) is 4.02. The molecule has 2 amide bonds. The maximum atomic E-state index is 12.7. The van der Waals surface area contributed by atoms with Gasteiger partial charge in [-0.2, -0.15) is 0 Å². The predicted octanol–water partition coefficient (Wildman–Crippen LogP) is 3.85. The molecule has 0 aliphatic carbocycles. The molecule has 2 heterocycles. The number of methoxy groups -OCH3 is 1. The first-order valence-electron chi connectivity index (χ1n) is 9.85. The fourth-order valence-electron chi connectivity index (χ4n) is 3.71. The van der Waals surface area contributed by atoms with Gasteiger partial charge in [-0.15, -0.1) is 0 Å². The lowest BCUT2D eigenvalue weighted by molar-refractivity contribution is -0.121. The Morgan fingerprint density at radius 2 is 1.81 bits per heavy atom. The van der Waals surface area contributed by atoms with Crippen molar-refractivity contribution in [1.29, 1.82) is 0 Å². The summed E-state index contributed by atoms with van der Waals surface area (Å²) in [5.41, 5.74) is 9.57. The number of amides is 2. The van der Waals surface area contributed by atoms with Crippen LogP contribution >= 0.6 is 0 Å². The van der Waals surface area contributed by atoms with E-state index >= 15 is 0 Å². The lowest BCUT2D eigenvalue weighted by atomic mass is 10.1. The minimum Gasteiger partial charge on any atom is -0.497 e. The summed E-state index contributed by atoms with van der Waals surface area (Å²) in [6.45, 7) is 3.82. The van der Waals surface area contributed by atoms with E-state index in [0.29, 0.717) is 16.9 Å². The first-order valence-corrected chi connectivity index (χ1v) is 9.85. The average molecular weight is 417 g/mol. The molecule has 2 N–H and O–H groups in total. The number of carbonyl (C=O) groups excluding carboxylic acids is 2. The number of para-hydroxylation sites is 1. The summed E-state index contributed by atoms with van der Waals surface area (Å²) in [6, 6.07) is 17.0. The smallest absolute Gasteiger partial charge is 0.271 e. The van der Waals surface area contributed by atoms with Crippen molar-refractivity contribution in [3.05, 3.63) is 83.4 Å². The molecular weight excluding hydrogens is 394 g/mol. The Morgan fingerprint density at radius 3 is 2.55 bits per heavy atom. The van der Waals surface area contributed by atoms with Crippen LogP contribution in [-0.4, -0.2) is 23.5 Å². The van der Waals surface area contributed by atoms with E-state index in [1.54, 1.807) is 25.5 Å². The summed E-state index contributed by atoms with van der Waals surface area (Å²) in [7, 11) is 1.58. The van der Waals surface area contributed by atoms with E-state index < -0.39 is 0 Å². The van der Waals surface area contributed by atoms with E-state index in [1.165, 1.54) is 0 Å². The molecule has 0 spiro atoms. The lowest BCUT2D eigenvalue weighted by Crippen LogP contribution is -2.42. The van der Waals surface area contributed by atoms with Gasteiger partial charge in [0.15, 0.2) is 0 Å². The zero-order valence-electron chi connectivity index (χ0n) is 17.6. The molecule has 0 unspecified atom stereocenters. The van der Waals surface area contributed by atoms with Gasteiger partial charge in [-0.3, -0.25) is 20.4 Å². The third-order valence-electron chi connectivity index (χ3n) is 5.22. The van der Waals surface area contributed by atoms with Crippen LogP contribution in [0.3, 0.4) is 0 Å². The monoisotopic (exact) mass is 417 g/mol. The fourth-order valence-corrected chi connectivity index (χ4v) is 3.71. The number of hydrogen-bond acceptors (Lipinski definition) is 4. The molecule has 0 radical (unpaired) electrons. The van der Waals surface area contributed by atoms with Gasteiger partial charge in [0.2, 0.25) is 5.91 Å². The highest BCUT2D eigenvalue weighted by atomic mass is 16.5. The highest BCUT2D eigenvalue weighted by Crippen LogP contribution is 2.26. The van der Waals surface area contributed by atoms with Crippen LogP contribution in [0, 0.1) is 13.8 Å². The van der Waals surface area contributed by atoms with Crippen LogP contribution in [0.5, 0.6) is 5.75 Å². The summed E-state index contributed by atoms with van der Waals surface area (Å²) >= 11 is 0. The van der Waals surface area contributed by atoms with Gasteiger partial charge in [-0.1, -0.05) is 18.2 Å². The Labute approximate surface area is 179 Å². The second kappa shape index (κ2) is 8.39. The third-order valence-corrected chi connectivity index (χ3v) is 5.22. The topological polar surface area (TPSA) is 85.5 Å². The first kappa shape index (κ1) is 20.3. The Morgan fingerprint density at radius 1 is 1.03 bits per heavy atom. The molecule has 0 atom stereocenters. The number of fused-ring (bicyclic) bond motifs is 1. The Kier molecular flexibility index (Phi) is 5.49. The molecular formula is C24H23N3O4. The number of hydrazine groups is 1. The summed E-state index contributed by atoms with van der Waals surface area (Å²) in [6.07, 6.45) is 1.61. The minimum absolute atomic E-state index is 0.0721. The quantitative estimate of drug-likeness (QED) is 0.483. The van der Waals surface area contributed by atoms with Crippen molar-refractivity contribution in [1.82, 2.24) is 15.4 Å². The molecule has 2 aromatic carbocycles. The Balaban J connectivity index is 1.43. The fraction of sp³-hybridized carbons (Fsp3) is 0.167. The largest absolute Gasteiger partial charge is 0.497 e. The molecule has 158 valence electrons. The average Bonchev–Trinajstić information content (AvgIpc) is 3.32. The van der Waals surface area contributed by atoms with Gasteiger partial charge in [0.25, 0.3) is 5.91 Å². The van der Waals surface area contributed by atoms with Gasteiger partial charge < -0.3 is 13.7 Å². The van der Waals surface area contributed by atoms with E-state index in [1.807, 2.05) is 60.9 Å². The zero-order chi connectivity index (χ0) is 22.0. The van der Waals surface area contributed by atoms with Gasteiger partial charge >= 0.3 is 0 Å². The van der Waals surface area contributed by atoms with E-state index in [0.717, 1.165) is 28.0 Å². The van der Waals surface area contributed by atoms with Gasteiger partial charge in [-0.05, 0) is 44.2 Å². The lowest BCUT2D eigenvalue weighted by Gasteiger charge is -2.10. The van der Waals surface area contributed by atoms with Crippen LogP contribution in [-0.2, 0) is 11.2 Å². The van der Waals surface area contributed by atoms with E-state index in [4.69, 9.17) is 9.15 Å². The van der Waals surface area contributed by atoms with Gasteiger partial charge in [0, 0.05) is 34.1 Å². The summed E-state index contributed by atoms with van der Waals surface area (Å²) in [5, 5.41) is 0.827. The molecule has 7 heteroatoms. The van der Waals surface area contributed by atoms with Crippen molar-refractivity contribution in [3.63, 3.8) is 0 Å². The number of furan rings is 1. The number of nitrogens with one attached hydrogen (secondary N) is 2. The normalized spacial score (nSPS) is 10.8. The molecule has 7 nitrogen and oxygen atoms in total. The number of nitrogens with zero attached hydrogens (tertiary/aromatic N) is 1. The predicted molar refractivity (Wildman–Crippen MR) is 117 cm³/mol. The second-order valence-corrected chi connectivity index (χ2v) is 7.26. The van der Waals surface area contributed by atoms with Gasteiger partial charge in [0.05, 0.1) is 25.4 Å². The van der Waals surface area contributed by atoms with Crippen molar-refractivity contribution in [2.45, 2.75) is 20.3 Å². The molecule has 0 saturated heterocycles. The zero-order valence-corrected chi connectivity index (χ0v) is 17.6. The summed E-state index contributed by atoms with van der Waals surface area (Å²) in [4.78, 5) is 25.1. The molecule has 4 rings (SSSR count). The van der Waals surface area contributed by atoms with E-state index in [2.05, 4.69) is 10.9 Å². The Hall–Kier alpha value is -4.00. The number of aromatic nitrogens is 1. The summed E-state index contributed by atoms with van der Waals surface area (Å²) in [5.74, 6) is -0.0348. The van der Waals surface area contributed by atoms with Crippen LogP contribution in [0.15, 0.2) is 65.3 Å². The van der Waals surface area contributed by atoms with Crippen molar-refractivity contribution >= 4 is 22.8 Å².